The molecule has 1 unspecified atom stereocenters. The summed E-state index contributed by atoms with van der Waals surface area (Å²) in [4.78, 5) is 14.8. The summed E-state index contributed by atoms with van der Waals surface area (Å²) < 4.78 is 95.9. The first-order valence-corrected chi connectivity index (χ1v) is 14.0. The Hall–Kier alpha value is -2.07. The smallest absolute Gasteiger partial charge is 0.350 e. The number of nitrogens with zero attached hydrogens (tertiary/aromatic N) is 5. The molecule has 224 valence electrons. The van der Waals surface area contributed by atoms with Crippen LogP contribution in [0.4, 0.5) is 22.0 Å². The van der Waals surface area contributed by atoms with Crippen LogP contribution in [0.5, 0.6) is 0 Å². The lowest BCUT2D eigenvalue weighted by Crippen LogP contribution is -2.65. The molecule has 1 aromatic heterocycles. The zero-order chi connectivity index (χ0) is 28.8. The number of piperazine rings is 1. The minimum atomic E-state index is -4.63. The summed E-state index contributed by atoms with van der Waals surface area (Å²) in [6.07, 6.45) is -4.11. The van der Waals surface area contributed by atoms with Crippen LogP contribution >= 0.6 is 24.0 Å². The largest absolute Gasteiger partial charge is 0.416 e. The Kier molecular flexibility index (Phi) is 9.46. The zero-order valence-corrected chi connectivity index (χ0v) is 24.0. The Labute approximate surface area is 239 Å². The van der Waals surface area contributed by atoms with Crippen LogP contribution in [0, 0.1) is 0 Å². The van der Waals surface area contributed by atoms with E-state index in [1.165, 1.54) is 15.2 Å². The average molecular weight is 635 g/mol. The van der Waals surface area contributed by atoms with Gasteiger partial charge in [-0.15, -0.1) is 17.5 Å². The van der Waals surface area contributed by atoms with Crippen LogP contribution in [0.15, 0.2) is 29.4 Å². The van der Waals surface area contributed by atoms with Crippen LogP contribution in [-0.2, 0) is 23.2 Å². The van der Waals surface area contributed by atoms with Gasteiger partial charge in [0.2, 0.25) is 10.9 Å². The van der Waals surface area contributed by atoms with Crippen molar-refractivity contribution in [2.24, 2.45) is 7.05 Å². The van der Waals surface area contributed by atoms with Crippen molar-refractivity contribution in [3.05, 3.63) is 40.5 Å². The SMILES string of the molecule is CC1CN(C2(CNC(=O)c3ccc(C(F)(F)F)cc3Cl)CCC(F)(F)CC2)CCN1S(=O)(=O)c1cn(C)nn1.Cl. The molecule has 4 rings (SSSR count). The van der Waals surface area contributed by atoms with Gasteiger partial charge in [0.25, 0.3) is 15.9 Å². The van der Waals surface area contributed by atoms with Crippen LogP contribution < -0.4 is 5.32 Å². The molecule has 1 saturated heterocycles. The molecule has 0 radical (unpaired) electrons. The van der Waals surface area contributed by atoms with Crippen LogP contribution in [0.2, 0.25) is 5.02 Å². The Morgan fingerprint density at radius 1 is 1.18 bits per heavy atom. The summed E-state index contributed by atoms with van der Waals surface area (Å²) in [7, 11) is -2.39. The number of hydrogen-bond acceptors (Lipinski definition) is 6. The van der Waals surface area contributed by atoms with Gasteiger partial charge in [-0.3, -0.25) is 14.4 Å². The maximum atomic E-state index is 14.1. The molecule has 1 saturated carbocycles. The van der Waals surface area contributed by atoms with E-state index in [2.05, 4.69) is 15.6 Å². The van der Waals surface area contributed by atoms with Crippen LogP contribution in [-0.4, -0.2) is 82.2 Å². The fourth-order valence-electron chi connectivity index (χ4n) is 5.19. The number of rotatable bonds is 6. The number of amides is 1. The minimum absolute atomic E-state index is 0. The van der Waals surface area contributed by atoms with Gasteiger partial charge in [0.05, 0.1) is 22.3 Å². The van der Waals surface area contributed by atoms with E-state index < -0.39 is 58.0 Å². The third-order valence-electron chi connectivity index (χ3n) is 7.42. The summed E-state index contributed by atoms with van der Waals surface area (Å²) in [5, 5.41) is 9.48. The van der Waals surface area contributed by atoms with Crippen LogP contribution in [0.1, 0.15) is 48.5 Å². The Morgan fingerprint density at radius 3 is 2.35 bits per heavy atom. The van der Waals surface area contributed by atoms with Crippen LogP contribution in [0.3, 0.4) is 0 Å². The highest BCUT2D eigenvalue weighted by atomic mass is 35.5. The standard InChI is InChI=1S/C23H28ClF5N6O3S.ClH/c1-15-12-34(9-10-35(15)39(37,38)19-13-33(2)32-31-19)21(5-7-22(25,26)8-6-21)14-30-20(36)17-4-3-16(11-18(17)24)23(27,28)29;/h3-4,11,13,15H,5-10,12,14H2,1-2H3,(H,30,36);1H. The number of aromatic nitrogens is 3. The molecule has 2 fully saturated rings. The summed E-state index contributed by atoms with van der Waals surface area (Å²) in [6, 6.07) is 1.84. The first-order chi connectivity index (χ1) is 18.0. The highest BCUT2D eigenvalue weighted by Gasteiger charge is 2.49. The van der Waals surface area contributed by atoms with Gasteiger partial charge in [-0.25, -0.2) is 17.2 Å². The van der Waals surface area contributed by atoms with E-state index in [9.17, 15) is 35.2 Å². The highest BCUT2D eigenvalue weighted by Crippen LogP contribution is 2.42. The number of benzene rings is 1. The fourth-order valence-corrected chi connectivity index (χ4v) is 6.99. The van der Waals surface area contributed by atoms with Crippen molar-refractivity contribution in [3.63, 3.8) is 0 Å². The minimum Gasteiger partial charge on any atom is -0.350 e. The number of carbonyl (C=O) groups excluding carboxylic acids is 1. The molecule has 40 heavy (non-hydrogen) atoms. The first kappa shape index (κ1) is 32.4. The summed E-state index contributed by atoms with van der Waals surface area (Å²) >= 11 is 5.96. The quantitative estimate of drug-likeness (QED) is 0.483. The van der Waals surface area contributed by atoms with Gasteiger partial charge in [-0.2, -0.15) is 17.5 Å². The molecule has 1 aromatic carbocycles. The molecular formula is C23H29Cl2F5N6O3S. The Morgan fingerprint density at radius 2 is 1.82 bits per heavy atom. The van der Waals surface area contributed by atoms with Gasteiger partial charge in [-0.05, 0) is 38.0 Å². The topological polar surface area (TPSA) is 100 Å². The number of nitrogens with one attached hydrogen (secondary N) is 1. The van der Waals surface area contributed by atoms with E-state index in [0.29, 0.717) is 6.07 Å². The number of hydrogen-bond donors (Lipinski definition) is 1. The van der Waals surface area contributed by atoms with Crippen molar-refractivity contribution in [2.45, 2.75) is 61.3 Å². The lowest BCUT2D eigenvalue weighted by Gasteiger charge is -2.52. The number of aryl methyl sites for hydroxylation is 1. The van der Waals surface area contributed by atoms with Gasteiger partial charge in [0.15, 0.2) is 0 Å². The average Bonchev–Trinajstić information content (AvgIpc) is 3.30. The van der Waals surface area contributed by atoms with E-state index in [4.69, 9.17) is 11.6 Å². The third-order valence-corrected chi connectivity index (χ3v) is 9.61. The molecule has 1 aliphatic heterocycles. The maximum Gasteiger partial charge on any atom is 0.416 e. The predicted octanol–water partition coefficient (Wildman–Crippen LogP) is 3.98. The number of alkyl halides is 5. The molecule has 9 nitrogen and oxygen atoms in total. The molecule has 2 aromatic rings. The zero-order valence-electron chi connectivity index (χ0n) is 21.6. The van der Waals surface area contributed by atoms with Gasteiger partial charge in [-0.1, -0.05) is 16.8 Å². The van der Waals surface area contributed by atoms with E-state index >= 15 is 0 Å². The van der Waals surface area contributed by atoms with Gasteiger partial charge >= 0.3 is 6.18 Å². The van der Waals surface area contributed by atoms with E-state index in [1.807, 2.05) is 4.90 Å². The Bertz CT molecular complexity index is 1330. The molecule has 1 aliphatic carbocycles. The Balaban J connectivity index is 0.00000441. The van der Waals surface area contributed by atoms with E-state index in [0.717, 1.165) is 12.1 Å². The molecule has 0 bridgehead atoms. The monoisotopic (exact) mass is 634 g/mol. The maximum absolute atomic E-state index is 14.1. The fraction of sp³-hybridized carbons (Fsp3) is 0.609. The highest BCUT2D eigenvalue weighted by molar-refractivity contribution is 7.89. The number of halogens is 7. The normalized spacial score (nSPS) is 21.9. The summed E-state index contributed by atoms with van der Waals surface area (Å²) in [5.41, 5.74) is -2.08. The first-order valence-electron chi connectivity index (χ1n) is 12.2. The molecule has 1 N–H and O–H groups in total. The molecule has 1 atom stereocenters. The molecule has 2 aliphatic rings. The summed E-state index contributed by atoms with van der Waals surface area (Å²) in [5.74, 6) is -3.60. The van der Waals surface area contributed by atoms with Crippen molar-refractivity contribution >= 4 is 39.9 Å². The van der Waals surface area contributed by atoms with E-state index in [-0.39, 0.29) is 67.0 Å². The van der Waals surface area contributed by atoms with Crippen molar-refractivity contribution in [1.82, 2.24) is 29.5 Å². The van der Waals surface area contributed by atoms with E-state index in [1.54, 1.807) is 14.0 Å². The molecule has 2 heterocycles. The summed E-state index contributed by atoms with van der Waals surface area (Å²) in [6.45, 7) is 2.12. The number of sulfonamides is 1. The van der Waals surface area contributed by atoms with Crippen molar-refractivity contribution in [1.29, 1.82) is 0 Å². The molecule has 0 spiro atoms. The second kappa shape index (κ2) is 11.7. The second-order valence-corrected chi connectivity index (χ2v) is 12.3. The lowest BCUT2D eigenvalue weighted by molar-refractivity contribution is -0.137. The van der Waals surface area contributed by atoms with Crippen molar-refractivity contribution in [2.75, 3.05) is 26.2 Å². The third kappa shape index (κ3) is 6.69. The van der Waals surface area contributed by atoms with Crippen molar-refractivity contribution < 1.29 is 35.2 Å². The molecule has 17 heteroatoms. The van der Waals surface area contributed by atoms with Crippen molar-refractivity contribution in [3.8, 4) is 0 Å². The molecular weight excluding hydrogens is 606 g/mol. The lowest BCUT2D eigenvalue weighted by atomic mass is 9.77. The van der Waals surface area contributed by atoms with Gasteiger partial charge < -0.3 is 5.32 Å². The van der Waals surface area contributed by atoms with Gasteiger partial charge in [0, 0.05) is 57.6 Å². The molecule has 1 amide bonds. The predicted molar refractivity (Wildman–Crippen MR) is 138 cm³/mol. The van der Waals surface area contributed by atoms with Crippen LogP contribution in [0.25, 0.3) is 0 Å². The number of carbonyl (C=O) groups is 1. The second-order valence-electron chi connectivity index (χ2n) is 10.1. The van der Waals surface area contributed by atoms with Gasteiger partial charge in [0.1, 0.15) is 0 Å².